The van der Waals surface area contributed by atoms with Gasteiger partial charge >= 0.3 is 6.03 Å². The Hall–Kier alpha value is -1.55. The van der Waals surface area contributed by atoms with Crippen molar-refractivity contribution < 1.29 is 10.0 Å². The van der Waals surface area contributed by atoms with Gasteiger partial charge in [-0.25, -0.2) is 4.79 Å². The van der Waals surface area contributed by atoms with E-state index < -0.39 is 6.03 Å². The molecule has 12 heavy (non-hydrogen) atoms. The lowest BCUT2D eigenvalue weighted by molar-refractivity contribution is 0.212. The molecule has 0 spiro atoms. The van der Waals surface area contributed by atoms with E-state index in [4.69, 9.17) is 10.9 Å². The van der Waals surface area contributed by atoms with Crippen molar-refractivity contribution in [3.63, 3.8) is 0 Å². The van der Waals surface area contributed by atoms with Gasteiger partial charge in [-0.3, -0.25) is 5.21 Å². The average molecular weight is 166 g/mol. The van der Waals surface area contributed by atoms with E-state index in [0.717, 1.165) is 5.56 Å². The quantitative estimate of drug-likeness (QED) is 0.487. The SMILES string of the molecule is Cc1cccc(N(O)C(N)=O)c1. The largest absolute Gasteiger partial charge is 0.349 e. The van der Waals surface area contributed by atoms with E-state index in [1.54, 1.807) is 18.2 Å². The fourth-order valence-electron chi connectivity index (χ4n) is 0.887. The first-order chi connectivity index (χ1) is 5.61. The maximum Gasteiger partial charge on any atom is 0.343 e. The molecule has 0 aliphatic heterocycles. The maximum atomic E-state index is 10.5. The minimum Gasteiger partial charge on any atom is -0.349 e. The summed E-state index contributed by atoms with van der Waals surface area (Å²) in [5.74, 6) is 0. The molecule has 2 amide bonds. The summed E-state index contributed by atoms with van der Waals surface area (Å²) in [6.45, 7) is 1.86. The van der Waals surface area contributed by atoms with Gasteiger partial charge < -0.3 is 5.73 Å². The number of aryl methyl sites for hydroxylation is 1. The van der Waals surface area contributed by atoms with Crippen molar-refractivity contribution in [2.24, 2.45) is 5.73 Å². The van der Waals surface area contributed by atoms with Crippen LogP contribution >= 0.6 is 0 Å². The molecule has 3 N–H and O–H groups in total. The minimum atomic E-state index is -0.888. The summed E-state index contributed by atoms with van der Waals surface area (Å²) >= 11 is 0. The van der Waals surface area contributed by atoms with Crippen LogP contribution in [0.3, 0.4) is 0 Å². The molecular weight excluding hydrogens is 156 g/mol. The third-order valence-corrected chi connectivity index (χ3v) is 1.45. The molecule has 4 heteroatoms. The van der Waals surface area contributed by atoms with Gasteiger partial charge in [0.05, 0.1) is 5.69 Å². The second-order valence-electron chi connectivity index (χ2n) is 2.49. The first-order valence-corrected chi connectivity index (χ1v) is 3.46. The monoisotopic (exact) mass is 166 g/mol. The lowest BCUT2D eigenvalue weighted by Crippen LogP contribution is -2.32. The highest BCUT2D eigenvalue weighted by Gasteiger charge is 2.07. The van der Waals surface area contributed by atoms with Crippen LogP contribution in [0.5, 0.6) is 0 Å². The van der Waals surface area contributed by atoms with Crippen LogP contribution in [0.4, 0.5) is 10.5 Å². The summed E-state index contributed by atoms with van der Waals surface area (Å²) in [4.78, 5) is 10.5. The molecule has 0 radical (unpaired) electrons. The van der Waals surface area contributed by atoms with Gasteiger partial charge in [0.25, 0.3) is 0 Å². The number of rotatable bonds is 1. The van der Waals surface area contributed by atoms with E-state index in [9.17, 15) is 4.79 Å². The van der Waals surface area contributed by atoms with Gasteiger partial charge in [-0.2, -0.15) is 5.06 Å². The van der Waals surface area contributed by atoms with E-state index in [2.05, 4.69) is 0 Å². The van der Waals surface area contributed by atoms with Crippen molar-refractivity contribution >= 4 is 11.7 Å². The standard InChI is InChI=1S/C8H10N2O2/c1-6-3-2-4-7(5-6)10(12)8(9)11/h2-5,12H,1H3,(H2,9,11). The second kappa shape index (κ2) is 3.23. The van der Waals surface area contributed by atoms with Crippen LogP contribution in [0.15, 0.2) is 24.3 Å². The lowest BCUT2D eigenvalue weighted by atomic mass is 10.2. The van der Waals surface area contributed by atoms with Crippen molar-refractivity contribution in [1.29, 1.82) is 0 Å². The topological polar surface area (TPSA) is 66.6 Å². The van der Waals surface area contributed by atoms with Gasteiger partial charge in [-0.15, -0.1) is 0 Å². The number of hydrogen-bond donors (Lipinski definition) is 2. The normalized spacial score (nSPS) is 9.50. The van der Waals surface area contributed by atoms with E-state index in [-0.39, 0.29) is 0 Å². The molecule has 1 aromatic rings. The van der Waals surface area contributed by atoms with Crippen LogP contribution in [-0.4, -0.2) is 11.2 Å². The van der Waals surface area contributed by atoms with E-state index in [0.29, 0.717) is 10.8 Å². The molecular formula is C8H10N2O2. The molecule has 0 bridgehead atoms. The molecule has 1 rings (SSSR count). The van der Waals surface area contributed by atoms with Crippen molar-refractivity contribution in [3.05, 3.63) is 29.8 Å². The number of nitrogens with two attached hydrogens (primary N) is 1. The number of hydrogen-bond acceptors (Lipinski definition) is 2. The van der Waals surface area contributed by atoms with Gasteiger partial charge in [-0.1, -0.05) is 12.1 Å². The summed E-state index contributed by atoms with van der Waals surface area (Å²) < 4.78 is 0. The molecule has 0 heterocycles. The van der Waals surface area contributed by atoms with Gasteiger partial charge in [0, 0.05) is 0 Å². The first-order valence-electron chi connectivity index (χ1n) is 3.46. The van der Waals surface area contributed by atoms with Crippen LogP contribution in [0.1, 0.15) is 5.56 Å². The number of hydroxylamine groups is 1. The van der Waals surface area contributed by atoms with Crippen LogP contribution in [-0.2, 0) is 0 Å². The van der Waals surface area contributed by atoms with E-state index >= 15 is 0 Å². The predicted octanol–water partition coefficient (Wildman–Crippen LogP) is 1.27. The van der Waals surface area contributed by atoms with Gasteiger partial charge in [0.15, 0.2) is 0 Å². The molecule has 0 saturated heterocycles. The van der Waals surface area contributed by atoms with Gasteiger partial charge in [0.2, 0.25) is 0 Å². The number of carbonyl (C=O) groups excluding carboxylic acids is 1. The number of carbonyl (C=O) groups is 1. The molecule has 0 aliphatic rings. The number of benzene rings is 1. The van der Waals surface area contributed by atoms with E-state index in [1.807, 2.05) is 13.0 Å². The predicted molar refractivity (Wildman–Crippen MR) is 45.0 cm³/mol. The summed E-state index contributed by atoms with van der Waals surface area (Å²) in [6.07, 6.45) is 0. The second-order valence-corrected chi connectivity index (χ2v) is 2.49. The first kappa shape index (κ1) is 8.55. The Morgan fingerprint density at radius 2 is 2.25 bits per heavy atom. The Morgan fingerprint density at radius 1 is 1.58 bits per heavy atom. The highest BCUT2D eigenvalue weighted by atomic mass is 16.5. The lowest BCUT2D eigenvalue weighted by Gasteiger charge is -2.11. The zero-order valence-corrected chi connectivity index (χ0v) is 6.69. The number of primary amides is 1. The molecule has 0 fully saturated rings. The smallest absolute Gasteiger partial charge is 0.343 e. The fraction of sp³-hybridized carbons (Fsp3) is 0.125. The number of anilines is 1. The zero-order valence-electron chi connectivity index (χ0n) is 6.69. The fourth-order valence-corrected chi connectivity index (χ4v) is 0.887. The minimum absolute atomic E-state index is 0.377. The highest BCUT2D eigenvalue weighted by molar-refractivity contribution is 5.88. The Morgan fingerprint density at radius 3 is 2.75 bits per heavy atom. The molecule has 1 aromatic carbocycles. The van der Waals surface area contributed by atoms with Gasteiger partial charge in [0.1, 0.15) is 0 Å². The molecule has 0 unspecified atom stereocenters. The Labute approximate surface area is 70.2 Å². The summed E-state index contributed by atoms with van der Waals surface area (Å²) in [6, 6.07) is 5.96. The van der Waals surface area contributed by atoms with Crippen molar-refractivity contribution in [2.75, 3.05) is 5.06 Å². The molecule has 64 valence electrons. The third kappa shape index (κ3) is 1.73. The number of amides is 2. The Balaban J connectivity index is 2.95. The van der Waals surface area contributed by atoms with Crippen LogP contribution in [0.2, 0.25) is 0 Å². The number of urea groups is 1. The maximum absolute atomic E-state index is 10.5. The average Bonchev–Trinajstić information content (AvgIpc) is 2.03. The summed E-state index contributed by atoms with van der Waals surface area (Å²) in [5.41, 5.74) is 6.18. The Bertz CT molecular complexity index is 299. The zero-order chi connectivity index (χ0) is 9.14. The highest BCUT2D eigenvalue weighted by Crippen LogP contribution is 2.13. The Kier molecular flexibility index (Phi) is 2.30. The van der Waals surface area contributed by atoms with Gasteiger partial charge in [-0.05, 0) is 24.6 Å². The van der Waals surface area contributed by atoms with Crippen LogP contribution in [0, 0.1) is 6.92 Å². The summed E-state index contributed by atoms with van der Waals surface area (Å²) in [5, 5.41) is 9.49. The molecule has 0 aromatic heterocycles. The van der Waals surface area contributed by atoms with Crippen molar-refractivity contribution in [1.82, 2.24) is 0 Å². The summed E-state index contributed by atoms with van der Waals surface area (Å²) in [7, 11) is 0. The molecule has 4 nitrogen and oxygen atoms in total. The van der Waals surface area contributed by atoms with Crippen LogP contribution < -0.4 is 10.8 Å². The third-order valence-electron chi connectivity index (χ3n) is 1.45. The van der Waals surface area contributed by atoms with E-state index in [1.165, 1.54) is 0 Å². The van der Waals surface area contributed by atoms with Crippen molar-refractivity contribution in [3.8, 4) is 0 Å². The van der Waals surface area contributed by atoms with Crippen LogP contribution in [0.25, 0.3) is 0 Å². The van der Waals surface area contributed by atoms with Crippen molar-refractivity contribution in [2.45, 2.75) is 6.92 Å². The number of nitrogens with zero attached hydrogens (tertiary/aromatic N) is 1. The molecule has 0 aliphatic carbocycles. The molecule has 0 saturated carbocycles. The molecule has 0 atom stereocenters.